The zero-order valence-corrected chi connectivity index (χ0v) is 11.6. The van der Waals surface area contributed by atoms with Crippen molar-refractivity contribution in [1.29, 1.82) is 0 Å². The fraction of sp³-hybridized carbons (Fsp3) is 0.500. The highest BCUT2D eigenvalue weighted by Crippen LogP contribution is 2.31. The average Bonchev–Trinajstić information content (AvgIpc) is 2.38. The summed E-state index contributed by atoms with van der Waals surface area (Å²) in [5.74, 6) is 1.64. The fourth-order valence-electron chi connectivity index (χ4n) is 2.68. The number of ether oxygens (including phenoxy) is 1. The van der Waals surface area contributed by atoms with Gasteiger partial charge in [-0.1, -0.05) is 18.2 Å². The molecule has 0 radical (unpaired) electrons. The van der Waals surface area contributed by atoms with Gasteiger partial charge in [-0.25, -0.2) is 0 Å². The van der Waals surface area contributed by atoms with Gasteiger partial charge in [0.05, 0.1) is 7.11 Å². The van der Waals surface area contributed by atoms with Crippen molar-refractivity contribution in [2.45, 2.75) is 19.3 Å². The molecule has 2 nitrogen and oxygen atoms in total. The van der Waals surface area contributed by atoms with E-state index in [-0.39, 0.29) is 0 Å². The molecule has 1 aromatic carbocycles. The Labute approximate surface area is 110 Å². The lowest BCUT2D eigenvalue weighted by Crippen LogP contribution is -2.22. The largest absolute Gasteiger partial charge is 0.497 e. The van der Waals surface area contributed by atoms with Crippen LogP contribution in [-0.4, -0.2) is 32.6 Å². The molecule has 0 fully saturated rings. The molecular weight excluding hydrogens is 222 g/mol. The minimum Gasteiger partial charge on any atom is -0.497 e. The molecule has 1 unspecified atom stereocenters. The Kier molecular flexibility index (Phi) is 4.43. The molecule has 1 atom stereocenters. The maximum Gasteiger partial charge on any atom is 0.119 e. The van der Waals surface area contributed by atoms with E-state index in [0.717, 1.165) is 12.3 Å². The van der Waals surface area contributed by atoms with Gasteiger partial charge in [0.1, 0.15) is 5.75 Å². The normalized spacial score (nSPS) is 19.8. The van der Waals surface area contributed by atoms with Crippen LogP contribution in [0.1, 0.15) is 24.8 Å². The summed E-state index contributed by atoms with van der Waals surface area (Å²) in [7, 11) is 6.02. The van der Waals surface area contributed by atoms with E-state index in [4.69, 9.17) is 4.74 Å². The van der Waals surface area contributed by atoms with E-state index in [9.17, 15) is 0 Å². The Morgan fingerprint density at radius 1 is 1.33 bits per heavy atom. The zero-order valence-electron chi connectivity index (χ0n) is 11.6. The highest BCUT2D eigenvalue weighted by Gasteiger charge is 2.15. The van der Waals surface area contributed by atoms with Crippen LogP contribution in [0.5, 0.6) is 5.75 Å². The van der Waals surface area contributed by atoms with Crippen LogP contribution in [0.15, 0.2) is 30.3 Å². The second-order valence-electron chi connectivity index (χ2n) is 5.34. The van der Waals surface area contributed by atoms with Gasteiger partial charge in [0.25, 0.3) is 0 Å². The van der Waals surface area contributed by atoms with Crippen molar-refractivity contribution in [3.8, 4) is 5.75 Å². The minimum absolute atomic E-state index is 0.690. The first-order valence-electron chi connectivity index (χ1n) is 6.69. The van der Waals surface area contributed by atoms with Gasteiger partial charge in [0.2, 0.25) is 0 Å². The van der Waals surface area contributed by atoms with Crippen LogP contribution >= 0.6 is 0 Å². The molecule has 98 valence electrons. The van der Waals surface area contributed by atoms with Crippen molar-refractivity contribution in [3.63, 3.8) is 0 Å². The zero-order chi connectivity index (χ0) is 13.0. The summed E-state index contributed by atoms with van der Waals surface area (Å²) in [5.41, 5.74) is 2.80. The summed E-state index contributed by atoms with van der Waals surface area (Å²) in [6, 6.07) is 8.41. The van der Waals surface area contributed by atoms with E-state index in [2.05, 4.69) is 43.3 Å². The molecule has 0 aromatic heterocycles. The fourth-order valence-corrected chi connectivity index (χ4v) is 2.68. The summed E-state index contributed by atoms with van der Waals surface area (Å²) in [5, 5.41) is 0. The standard InChI is InChI=1S/C16H23NO/c1-17(2)12-13-6-4-7-14(10-13)15-8-5-9-16(11-15)18-3/h5,8-11,13H,4,6-7,12H2,1-3H3. The monoisotopic (exact) mass is 245 g/mol. The first-order valence-corrected chi connectivity index (χ1v) is 6.69. The number of nitrogens with zero attached hydrogens (tertiary/aromatic N) is 1. The number of allylic oxidation sites excluding steroid dienone is 1. The van der Waals surface area contributed by atoms with Crippen LogP contribution in [0.25, 0.3) is 5.57 Å². The predicted octanol–water partition coefficient (Wildman–Crippen LogP) is 3.44. The molecule has 0 spiro atoms. The second kappa shape index (κ2) is 6.05. The Balaban J connectivity index is 2.17. The quantitative estimate of drug-likeness (QED) is 0.805. The van der Waals surface area contributed by atoms with Gasteiger partial charge >= 0.3 is 0 Å². The molecule has 2 rings (SSSR count). The highest BCUT2D eigenvalue weighted by atomic mass is 16.5. The molecule has 18 heavy (non-hydrogen) atoms. The number of hydrogen-bond acceptors (Lipinski definition) is 2. The van der Waals surface area contributed by atoms with Crippen LogP contribution in [-0.2, 0) is 0 Å². The second-order valence-corrected chi connectivity index (χ2v) is 5.34. The van der Waals surface area contributed by atoms with Crippen molar-refractivity contribution in [3.05, 3.63) is 35.9 Å². The molecule has 0 N–H and O–H groups in total. The molecular formula is C16H23NO. The Morgan fingerprint density at radius 2 is 2.17 bits per heavy atom. The molecule has 0 bridgehead atoms. The molecule has 0 saturated carbocycles. The molecule has 0 amide bonds. The lowest BCUT2D eigenvalue weighted by Gasteiger charge is -2.24. The smallest absolute Gasteiger partial charge is 0.119 e. The lowest BCUT2D eigenvalue weighted by atomic mass is 9.87. The number of hydrogen-bond donors (Lipinski definition) is 0. The highest BCUT2D eigenvalue weighted by molar-refractivity contribution is 5.67. The average molecular weight is 245 g/mol. The van der Waals surface area contributed by atoms with Crippen molar-refractivity contribution < 1.29 is 4.74 Å². The molecule has 2 heteroatoms. The van der Waals surface area contributed by atoms with Crippen LogP contribution < -0.4 is 4.74 Å². The maximum atomic E-state index is 5.30. The predicted molar refractivity (Wildman–Crippen MR) is 76.9 cm³/mol. The molecule has 0 heterocycles. The Morgan fingerprint density at radius 3 is 2.89 bits per heavy atom. The minimum atomic E-state index is 0.690. The van der Waals surface area contributed by atoms with E-state index in [1.807, 2.05) is 6.07 Å². The van der Waals surface area contributed by atoms with Crippen molar-refractivity contribution in [2.24, 2.45) is 5.92 Å². The summed E-state index contributed by atoms with van der Waals surface area (Å²) < 4.78 is 5.30. The topological polar surface area (TPSA) is 12.5 Å². The third kappa shape index (κ3) is 3.36. The van der Waals surface area contributed by atoms with Crippen molar-refractivity contribution >= 4 is 5.57 Å². The van der Waals surface area contributed by atoms with E-state index in [1.54, 1.807) is 7.11 Å². The van der Waals surface area contributed by atoms with Crippen LogP contribution in [0, 0.1) is 5.92 Å². The molecule has 1 aliphatic carbocycles. The first kappa shape index (κ1) is 13.2. The van der Waals surface area contributed by atoms with Gasteiger partial charge in [-0.05, 0) is 62.5 Å². The summed E-state index contributed by atoms with van der Waals surface area (Å²) in [6.07, 6.45) is 6.25. The van der Waals surface area contributed by atoms with E-state index in [0.29, 0.717) is 5.92 Å². The van der Waals surface area contributed by atoms with Gasteiger partial charge in [0.15, 0.2) is 0 Å². The van der Waals surface area contributed by atoms with E-state index >= 15 is 0 Å². The lowest BCUT2D eigenvalue weighted by molar-refractivity contribution is 0.341. The van der Waals surface area contributed by atoms with Crippen molar-refractivity contribution in [1.82, 2.24) is 4.90 Å². The molecule has 0 saturated heterocycles. The third-order valence-corrected chi connectivity index (χ3v) is 3.50. The molecule has 1 aliphatic rings. The van der Waals surface area contributed by atoms with Gasteiger partial charge < -0.3 is 9.64 Å². The van der Waals surface area contributed by atoms with Crippen molar-refractivity contribution in [2.75, 3.05) is 27.7 Å². The van der Waals surface area contributed by atoms with E-state index < -0.39 is 0 Å². The van der Waals surface area contributed by atoms with Gasteiger partial charge in [-0.3, -0.25) is 0 Å². The Hall–Kier alpha value is -1.28. The van der Waals surface area contributed by atoms with Crippen LogP contribution in [0.2, 0.25) is 0 Å². The number of methoxy groups -OCH3 is 1. The van der Waals surface area contributed by atoms with Gasteiger partial charge in [-0.2, -0.15) is 0 Å². The van der Waals surface area contributed by atoms with Gasteiger partial charge in [-0.15, -0.1) is 0 Å². The third-order valence-electron chi connectivity index (χ3n) is 3.50. The molecule has 1 aromatic rings. The first-order chi connectivity index (χ1) is 8.69. The van der Waals surface area contributed by atoms with Crippen LogP contribution in [0.4, 0.5) is 0 Å². The summed E-state index contributed by atoms with van der Waals surface area (Å²) >= 11 is 0. The summed E-state index contributed by atoms with van der Waals surface area (Å²) in [6.45, 7) is 1.15. The van der Waals surface area contributed by atoms with E-state index in [1.165, 1.54) is 30.4 Å². The SMILES string of the molecule is COc1cccc(C2=CC(CN(C)C)CCC2)c1. The molecule has 0 aliphatic heterocycles. The Bertz CT molecular complexity index is 423. The number of benzene rings is 1. The maximum absolute atomic E-state index is 5.30. The van der Waals surface area contributed by atoms with Gasteiger partial charge in [0, 0.05) is 6.54 Å². The summed E-state index contributed by atoms with van der Waals surface area (Å²) in [4.78, 5) is 2.27. The van der Waals surface area contributed by atoms with Crippen LogP contribution in [0.3, 0.4) is 0 Å². The number of rotatable bonds is 4.